The van der Waals surface area contributed by atoms with E-state index in [0.717, 1.165) is 21.4 Å². The second kappa shape index (κ2) is 8.06. The van der Waals surface area contributed by atoms with E-state index in [0.29, 0.717) is 36.0 Å². The maximum Gasteiger partial charge on any atom is 0.173 e. The van der Waals surface area contributed by atoms with Crippen LogP contribution in [0.5, 0.6) is 5.75 Å². The molecule has 33 heavy (non-hydrogen) atoms. The fourth-order valence-corrected chi connectivity index (χ4v) is 4.63. The van der Waals surface area contributed by atoms with Crippen LogP contribution in [0, 0.1) is 23.5 Å². The number of pyridine rings is 1. The Labute approximate surface area is 192 Å². The lowest BCUT2D eigenvalue weighted by molar-refractivity contribution is 0.143. The van der Waals surface area contributed by atoms with E-state index in [1.807, 2.05) is 12.1 Å². The largest absolute Gasteiger partial charge is 0.491 e. The Kier molecular flexibility index (Phi) is 5.19. The zero-order valence-electron chi connectivity index (χ0n) is 17.8. The Hall–Kier alpha value is -3.61. The Morgan fingerprint density at radius 1 is 1.18 bits per heavy atom. The van der Waals surface area contributed by atoms with E-state index in [1.165, 1.54) is 34.5 Å². The van der Waals surface area contributed by atoms with Gasteiger partial charge in [-0.2, -0.15) is 5.10 Å². The van der Waals surface area contributed by atoms with E-state index in [2.05, 4.69) is 26.9 Å². The van der Waals surface area contributed by atoms with Crippen LogP contribution >= 0.6 is 11.3 Å². The lowest BCUT2D eigenvalue weighted by Crippen LogP contribution is -2.14. The van der Waals surface area contributed by atoms with E-state index < -0.39 is 17.2 Å². The molecule has 1 aromatic carbocycles. The molecule has 5 rings (SSSR count). The molecular formula is C24H18F2N4O2S. The first-order valence-corrected chi connectivity index (χ1v) is 11.0. The monoisotopic (exact) mass is 464 g/mol. The lowest BCUT2D eigenvalue weighted by Gasteiger charge is -2.08. The molecule has 0 unspecified atom stereocenters. The number of aliphatic hydroxyl groups is 1. The van der Waals surface area contributed by atoms with Crippen LogP contribution in [-0.2, 0) is 6.42 Å². The van der Waals surface area contributed by atoms with E-state index >= 15 is 0 Å². The van der Waals surface area contributed by atoms with Crippen molar-refractivity contribution in [1.82, 2.24) is 19.7 Å². The highest BCUT2D eigenvalue weighted by Gasteiger charge is 2.23. The van der Waals surface area contributed by atoms with Gasteiger partial charge in [0.2, 0.25) is 0 Å². The minimum Gasteiger partial charge on any atom is -0.491 e. The zero-order chi connectivity index (χ0) is 23.2. The molecule has 166 valence electrons. The number of benzene rings is 1. The van der Waals surface area contributed by atoms with Crippen LogP contribution in [0.1, 0.15) is 25.1 Å². The highest BCUT2D eigenvalue weighted by Crippen LogP contribution is 2.42. The third kappa shape index (κ3) is 4.23. The molecule has 0 atom stereocenters. The van der Waals surface area contributed by atoms with E-state index in [9.17, 15) is 13.9 Å². The van der Waals surface area contributed by atoms with Gasteiger partial charge in [0.15, 0.2) is 11.6 Å². The van der Waals surface area contributed by atoms with Gasteiger partial charge < -0.3 is 9.84 Å². The Bertz CT molecular complexity index is 1430. The molecule has 1 N–H and O–H groups in total. The van der Waals surface area contributed by atoms with E-state index in [4.69, 9.17) is 4.74 Å². The third-order valence-electron chi connectivity index (χ3n) is 4.91. The number of hydrogen-bond acceptors (Lipinski definition) is 6. The number of aromatic nitrogens is 4. The Morgan fingerprint density at radius 2 is 2.03 bits per heavy atom. The second-order valence-electron chi connectivity index (χ2n) is 8.01. The van der Waals surface area contributed by atoms with Gasteiger partial charge >= 0.3 is 0 Å². The summed E-state index contributed by atoms with van der Waals surface area (Å²) in [4.78, 5) is 10.7. The molecular weight excluding hydrogens is 446 g/mol. The van der Waals surface area contributed by atoms with Gasteiger partial charge in [-0.15, -0.1) is 11.3 Å². The second-order valence-corrected chi connectivity index (χ2v) is 9.06. The molecule has 4 heterocycles. The average molecular weight is 464 g/mol. The summed E-state index contributed by atoms with van der Waals surface area (Å²) in [6.07, 6.45) is 1.99. The summed E-state index contributed by atoms with van der Waals surface area (Å²) in [6, 6.07) is 8.88. The highest BCUT2D eigenvalue weighted by molar-refractivity contribution is 7.19. The molecule has 0 bridgehead atoms. The summed E-state index contributed by atoms with van der Waals surface area (Å²) in [7, 11) is 0. The van der Waals surface area contributed by atoms with Crippen LogP contribution in [0.15, 0.2) is 42.7 Å². The molecule has 1 aliphatic rings. The minimum atomic E-state index is -1.13. The van der Waals surface area contributed by atoms with E-state index in [1.54, 1.807) is 19.9 Å². The van der Waals surface area contributed by atoms with E-state index in [-0.39, 0.29) is 5.69 Å². The van der Waals surface area contributed by atoms with Crippen LogP contribution in [-0.4, -0.2) is 37.1 Å². The van der Waals surface area contributed by atoms with Gasteiger partial charge in [-0.3, -0.25) is 0 Å². The van der Waals surface area contributed by atoms with Crippen LogP contribution in [0.25, 0.3) is 27.0 Å². The quantitative estimate of drug-likeness (QED) is 0.446. The van der Waals surface area contributed by atoms with Crippen LogP contribution in [0.4, 0.5) is 8.78 Å². The Balaban J connectivity index is 1.60. The highest BCUT2D eigenvalue weighted by atomic mass is 32.1. The summed E-state index contributed by atoms with van der Waals surface area (Å²) < 4.78 is 35.0. The average Bonchev–Trinajstić information content (AvgIpc) is 3.36. The first-order valence-electron chi connectivity index (χ1n) is 10.2. The van der Waals surface area contributed by atoms with Crippen molar-refractivity contribution < 1.29 is 18.6 Å². The lowest BCUT2D eigenvalue weighted by atomic mass is 10.1. The van der Waals surface area contributed by atoms with Gasteiger partial charge in [0.1, 0.15) is 40.6 Å². The SMILES string of the molecule is CC(C)(O)C#Cc1ccc2c(n1)-c1sc(-c3ncnn3-c3ccc(F)cc3F)cc1CCO2. The van der Waals surface area contributed by atoms with Crippen LogP contribution < -0.4 is 4.74 Å². The van der Waals surface area contributed by atoms with Gasteiger partial charge in [-0.25, -0.2) is 23.4 Å². The number of ether oxygens (including phenoxy) is 1. The summed E-state index contributed by atoms with van der Waals surface area (Å²) in [5.41, 5.74) is 1.16. The number of rotatable bonds is 2. The van der Waals surface area contributed by atoms with Crippen molar-refractivity contribution >= 4 is 11.3 Å². The normalized spacial score (nSPS) is 12.8. The molecule has 4 aromatic rings. The molecule has 1 aliphatic heterocycles. The molecule has 0 saturated carbocycles. The standard InChI is InChI=1S/C24H18F2N4O2S/c1-24(2,31)9-7-16-4-6-19-21(29-16)22-14(8-10-32-19)11-20(33-22)23-27-13-28-30(23)18-5-3-15(25)12-17(18)26/h3-6,11-13,31H,8,10H2,1-2H3. The summed E-state index contributed by atoms with van der Waals surface area (Å²) in [5.74, 6) is 5.37. The number of nitrogens with zero attached hydrogens (tertiary/aromatic N) is 4. The van der Waals surface area contributed by atoms with Gasteiger partial charge in [0.25, 0.3) is 0 Å². The first kappa shape index (κ1) is 21.2. The van der Waals surface area contributed by atoms with Gasteiger partial charge in [-0.05, 0) is 55.7 Å². The molecule has 3 aromatic heterocycles. The zero-order valence-corrected chi connectivity index (χ0v) is 18.6. The van der Waals surface area contributed by atoms with Crippen molar-refractivity contribution in [3.05, 3.63) is 65.6 Å². The van der Waals surface area contributed by atoms with Crippen LogP contribution in [0.2, 0.25) is 0 Å². The summed E-state index contributed by atoms with van der Waals surface area (Å²) >= 11 is 1.44. The van der Waals surface area contributed by atoms with Crippen LogP contribution in [0.3, 0.4) is 0 Å². The van der Waals surface area contributed by atoms with Crippen molar-refractivity contribution in [3.63, 3.8) is 0 Å². The molecule has 0 amide bonds. The predicted molar refractivity (Wildman–Crippen MR) is 120 cm³/mol. The molecule has 0 saturated heterocycles. The number of thiophene rings is 1. The molecule has 0 fully saturated rings. The maximum atomic E-state index is 14.4. The number of fused-ring (bicyclic) bond motifs is 3. The molecule has 6 nitrogen and oxygen atoms in total. The minimum absolute atomic E-state index is 0.110. The van der Waals surface area contributed by atoms with Crippen molar-refractivity contribution in [2.45, 2.75) is 25.9 Å². The third-order valence-corrected chi connectivity index (χ3v) is 6.09. The predicted octanol–water partition coefficient (Wildman–Crippen LogP) is 4.39. The van der Waals surface area contributed by atoms with Crippen molar-refractivity contribution in [2.24, 2.45) is 0 Å². The molecule has 0 spiro atoms. The smallest absolute Gasteiger partial charge is 0.173 e. The first-order chi connectivity index (χ1) is 15.8. The fourth-order valence-electron chi connectivity index (χ4n) is 3.45. The van der Waals surface area contributed by atoms with Crippen molar-refractivity contribution in [1.29, 1.82) is 0 Å². The summed E-state index contributed by atoms with van der Waals surface area (Å²) in [5, 5.41) is 14.0. The topological polar surface area (TPSA) is 73.1 Å². The molecule has 0 aliphatic carbocycles. The van der Waals surface area contributed by atoms with Gasteiger partial charge in [0.05, 0.1) is 16.4 Å². The van der Waals surface area contributed by atoms with Crippen molar-refractivity contribution in [3.8, 4) is 44.6 Å². The molecule has 0 radical (unpaired) electrons. The number of halogens is 2. The summed E-state index contributed by atoms with van der Waals surface area (Å²) in [6.45, 7) is 3.69. The fraction of sp³-hybridized carbons (Fsp3) is 0.208. The van der Waals surface area contributed by atoms with Crippen molar-refractivity contribution in [2.75, 3.05) is 6.61 Å². The number of hydrogen-bond donors (Lipinski definition) is 1. The molecule has 9 heteroatoms. The maximum absolute atomic E-state index is 14.4. The Morgan fingerprint density at radius 3 is 2.82 bits per heavy atom. The van der Waals surface area contributed by atoms with Gasteiger partial charge in [-0.1, -0.05) is 5.92 Å². The van der Waals surface area contributed by atoms with Gasteiger partial charge in [0, 0.05) is 12.5 Å².